The van der Waals surface area contributed by atoms with E-state index in [4.69, 9.17) is 21.1 Å². The molecule has 8 nitrogen and oxygen atoms in total. The Morgan fingerprint density at radius 2 is 1.83 bits per heavy atom. The number of para-hydroxylation sites is 2. The Bertz CT molecular complexity index is 1000. The van der Waals surface area contributed by atoms with E-state index >= 15 is 0 Å². The smallest absolute Gasteiger partial charge is 0.292 e. The molecule has 0 atom stereocenters. The number of ether oxygens (including phenoxy) is 2. The second-order valence-corrected chi connectivity index (χ2v) is 7.33. The summed E-state index contributed by atoms with van der Waals surface area (Å²) < 4.78 is 11.1. The molecular weight excluding hydrogens is 410 g/mol. The summed E-state index contributed by atoms with van der Waals surface area (Å²) in [6.45, 7) is 2.94. The van der Waals surface area contributed by atoms with Gasteiger partial charge < -0.3 is 19.3 Å². The van der Waals surface area contributed by atoms with Gasteiger partial charge in [-0.1, -0.05) is 23.7 Å². The topological polar surface area (TPSA) is 85.2 Å². The van der Waals surface area contributed by atoms with Crippen molar-refractivity contribution in [2.75, 3.05) is 44.3 Å². The van der Waals surface area contributed by atoms with E-state index in [9.17, 15) is 14.9 Å². The van der Waals surface area contributed by atoms with Crippen molar-refractivity contribution in [1.29, 1.82) is 0 Å². The van der Waals surface area contributed by atoms with Crippen molar-refractivity contribution in [2.45, 2.75) is 0 Å². The molecule has 0 spiro atoms. The molecule has 4 rings (SSSR count). The van der Waals surface area contributed by atoms with Crippen LogP contribution in [-0.2, 0) is 4.79 Å². The lowest BCUT2D eigenvalue weighted by Gasteiger charge is -2.35. The molecule has 0 unspecified atom stereocenters. The zero-order valence-corrected chi connectivity index (χ0v) is 16.9. The quantitative estimate of drug-likeness (QED) is 0.421. The molecule has 0 N–H and O–H groups in total. The molecular formula is C21H20ClN3O5. The Morgan fingerprint density at radius 1 is 1.10 bits per heavy atom. The maximum absolute atomic E-state index is 12.6. The Hall–Kier alpha value is -3.26. The summed E-state index contributed by atoms with van der Waals surface area (Å²) in [6, 6.07) is 10.2. The van der Waals surface area contributed by atoms with Gasteiger partial charge in [-0.15, -0.1) is 0 Å². The number of nitro groups is 1. The van der Waals surface area contributed by atoms with Crippen LogP contribution in [0, 0.1) is 10.1 Å². The molecule has 156 valence electrons. The SMILES string of the molecule is O=C(/C=C/c1cc(Cl)c2c(c1)OCCO2)N1CCN(c2ccccc2[N+](=O)[O-])CC1. The first-order valence-corrected chi connectivity index (χ1v) is 9.95. The number of fused-ring (bicyclic) bond motifs is 1. The standard InChI is InChI=1S/C21H20ClN3O5/c22-16-13-15(14-19-21(16)30-12-11-29-19)5-6-20(26)24-9-7-23(8-10-24)17-3-1-2-4-18(17)25(27)28/h1-6,13-14H,7-12H2/b6-5+. The minimum absolute atomic E-state index is 0.0765. The molecule has 0 aromatic heterocycles. The summed E-state index contributed by atoms with van der Waals surface area (Å²) in [5.74, 6) is 0.972. The van der Waals surface area contributed by atoms with Crippen LogP contribution in [0.1, 0.15) is 5.56 Å². The molecule has 2 aromatic rings. The second-order valence-electron chi connectivity index (χ2n) is 6.92. The highest BCUT2D eigenvalue weighted by atomic mass is 35.5. The monoisotopic (exact) mass is 429 g/mol. The Labute approximate surface area is 178 Å². The Kier molecular flexibility index (Phi) is 5.76. The van der Waals surface area contributed by atoms with Crippen LogP contribution >= 0.6 is 11.6 Å². The van der Waals surface area contributed by atoms with Gasteiger partial charge >= 0.3 is 0 Å². The van der Waals surface area contributed by atoms with E-state index in [2.05, 4.69) is 0 Å². The van der Waals surface area contributed by atoms with Crippen molar-refractivity contribution in [3.05, 3.63) is 63.2 Å². The second kappa shape index (κ2) is 8.62. The molecule has 1 amide bonds. The minimum Gasteiger partial charge on any atom is -0.486 e. The summed E-state index contributed by atoms with van der Waals surface area (Å²) in [5, 5.41) is 11.7. The molecule has 9 heteroatoms. The largest absolute Gasteiger partial charge is 0.486 e. The number of amides is 1. The van der Waals surface area contributed by atoms with Gasteiger partial charge in [-0.05, 0) is 29.8 Å². The van der Waals surface area contributed by atoms with Crippen molar-refractivity contribution in [1.82, 2.24) is 4.90 Å². The third kappa shape index (κ3) is 4.18. The zero-order chi connectivity index (χ0) is 21.1. The van der Waals surface area contributed by atoms with Crippen LogP contribution in [0.25, 0.3) is 6.08 Å². The number of carbonyl (C=O) groups excluding carboxylic acids is 1. The number of anilines is 1. The number of rotatable bonds is 4. The molecule has 30 heavy (non-hydrogen) atoms. The third-order valence-corrected chi connectivity index (χ3v) is 5.33. The lowest BCUT2D eigenvalue weighted by molar-refractivity contribution is -0.384. The number of hydrogen-bond acceptors (Lipinski definition) is 6. The number of carbonyl (C=O) groups is 1. The molecule has 2 aromatic carbocycles. The molecule has 2 heterocycles. The fourth-order valence-electron chi connectivity index (χ4n) is 3.55. The highest BCUT2D eigenvalue weighted by Crippen LogP contribution is 2.38. The summed E-state index contributed by atoms with van der Waals surface area (Å²) in [5.41, 5.74) is 1.40. The highest BCUT2D eigenvalue weighted by molar-refractivity contribution is 6.32. The number of benzene rings is 2. The molecule has 0 aliphatic carbocycles. The van der Waals surface area contributed by atoms with E-state index in [-0.39, 0.29) is 16.5 Å². The van der Waals surface area contributed by atoms with Crippen LogP contribution in [0.4, 0.5) is 11.4 Å². The van der Waals surface area contributed by atoms with Gasteiger partial charge in [0, 0.05) is 38.3 Å². The van der Waals surface area contributed by atoms with E-state index in [0.29, 0.717) is 61.6 Å². The van der Waals surface area contributed by atoms with Crippen LogP contribution in [0.15, 0.2) is 42.5 Å². The van der Waals surface area contributed by atoms with Gasteiger partial charge in [-0.2, -0.15) is 0 Å². The first-order valence-electron chi connectivity index (χ1n) is 9.57. The summed E-state index contributed by atoms with van der Waals surface area (Å²) >= 11 is 6.23. The average molecular weight is 430 g/mol. The number of nitrogens with zero attached hydrogens (tertiary/aromatic N) is 3. The lowest BCUT2D eigenvalue weighted by Crippen LogP contribution is -2.48. The van der Waals surface area contributed by atoms with Gasteiger partial charge in [0.05, 0.1) is 9.95 Å². The van der Waals surface area contributed by atoms with Gasteiger partial charge in [0.25, 0.3) is 5.69 Å². The van der Waals surface area contributed by atoms with Gasteiger partial charge in [-0.25, -0.2) is 0 Å². The van der Waals surface area contributed by atoms with E-state index < -0.39 is 0 Å². The minimum atomic E-state index is -0.381. The molecule has 1 saturated heterocycles. The molecule has 0 saturated carbocycles. The van der Waals surface area contributed by atoms with E-state index in [1.807, 2.05) is 4.90 Å². The van der Waals surface area contributed by atoms with E-state index in [0.717, 1.165) is 5.56 Å². The molecule has 2 aliphatic heterocycles. The number of nitro benzene ring substituents is 1. The van der Waals surface area contributed by atoms with Gasteiger partial charge in [-0.3, -0.25) is 14.9 Å². The summed E-state index contributed by atoms with van der Waals surface area (Å²) in [6.07, 6.45) is 3.20. The summed E-state index contributed by atoms with van der Waals surface area (Å²) in [7, 11) is 0. The first kappa shape index (κ1) is 20.0. The van der Waals surface area contributed by atoms with Crippen molar-refractivity contribution in [2.24, 2.45) is 0 Å². The fourth-order valence-corrected chi connectivity index (χ4v) is 3.83. The zero-order valence-electron chi connectivity index (χ0n) is 16.1. The summed E-state index contributed by atoms with van der Waals surface area (Å²) in [4.78, 5) is 27.1. The molecule has 0 radical (unpaired) electrons. The van der Waals surface area contributed by atoms with E-state index in [1.54, 1.807) is 41.3 Å². The van der Waals surface area contributed by atoms with Crippen LogP contribution in [0.2, 0.25) is 5.02 Å². The van der Waals surface area contributed by atoms with Crippen LogP contribution < -0.4 is 14.4 Å². The Balaban J connectivity index is 1.39. The molecule has 0 bridgehead atoms. The number of halogens is 1. The molecule has 1 fully saturated rings. The highest BCUT2D eigenvalue weighted by Gasteiger charge is 2.24. The number of piperazine rings is 1. The maximum atomic E-state index is 12.6. The fraction of sp³-hybridized carbons (Fsp3) is 0.286. The van der Waals surface area contributed by atoms with Crippen molar-refractivity contribution in [3.63, 3.8) is 0 Å². The number of hydrogen-bond donors (Lipinski definition) is 0. The van der Waals surface area contributed by atoms with Gasteiger partial charge in [0.2, 0.25) is 5.91 Å². The molecule has 2 aliphatic rings. The van der Waals surface area contributed by atoms with Crippen LogP contribution in [0.5, 0.6) is 11.5 Å². The van der Waals surface area contributed by atoms with Crippen molar-refractivity contribution in [3.8, 4) is 11.5 Å². The van der Waals surface area contributed by atoms with Crippen molar-refractivity contribution >= 4 is 35.0 Å². The van der Waals surface area contributed by atoms with Crippen LogP contribution in [-0.4, -0.2) is 55.1 Å². The van der Waals surface area contributed by atoms with E-state index in [1.165, 1.54) is 12.1 Å². The normalized spacial score (nSPS) is 16.0. The predicted molar refractivity (Wildman–Crippen MR) is 113 cm³/mol. The van der Waals surface area contributed by atoms with Crippen molar-refractivity contribution < 1.29 is 19.2 Å². The average Bonchev–Trinajstić information content (AvgIpc) is 2.77. The maximum Gasteiger partial charge on any atom is 0.292 e. The van der Waals surface area contributed by atoms with Gasteiger partial charge in [0.15, 0.2) is 11.5 Å². The lowest BCUT2D eigenvalue weighted by atomic mass is 10.1. The third-order valence-electron chi connectivity index (χ3n) is 5.05. The Morgan fingerprint density at radius 3 is 2.60 bits per heavy atom. The van der Waals surface area contributed by atoms with Crippen LogP contribution in [0.3, 0.4) is 0 Å². The van der Waals surface area contributed by atoms with Gasteiger partial charge in [0.1, 0.15) is 18.9 Å². The predicted octanol–water partition coefficient (Wildman–Crippen LogP) is 3.38. The first-order chi connectivity index (χ1) is 14.5.